The van der Waals surface area contributed by atoms with Crippen molar-refractivity contribution in [2.24, 2.45) is 0 Å². The first-order valence-corrected chi connectivity index (χ1v) is 4.63. The molecule has 0 atom stereocenters. The Balaban J connectivity index is 2.47. The fraction of sp³-hybridized carbons (Fsp3) is 0.333. The Kier molecular flexibility index (Phi) is 4.15. The summed E-state index contributed by atoms with van der Waals surface area (Å²) in [6, 6.07) is 4.86. The van der Waals surface area contributed by atoms with Crippen LogP contribution in [0.25, 0.3) is 0 Å². The van der Waals surface area contributed by atoms with Gasteiger partial charge in [-0.15, -0.1) is 6.42 Å². The Morgan fingerprint density at radius 1 is 1.50 bits per heavy atom. The van der Waals surface area contributed by atoms with Crippen molar-refractivity contribution in [2.45, 2.75) is 13.3 Å². The number of benzene rings is 1. The number of aryl methyl sites for hydroxylation is 1. The Labute approximate surface area is 84.3 Å². The molecule has 1 rings (SSSR count). The molecule has 0 amide bonds. The van der Waals surface area contributed by atoms with Gasteiger partial charge in [-0.3, -0.25) is 0 Å². The predicted molar refractivity (Wildman–Crippen MR) is 56.5 cm³/mol. The van der Waals surface area contributed by atoms with Gasteiger partial charge in [-0.05, 0) is 36.6 Å². The molecule has 14 heavy (non-hydrogen) atoms. The molecule has 74 valence electrons. The maximum atomic E-state index is 12.7. The third kappa shape index (κ3) is 3.20. The summed E-state index contributed by atoms with van der Waals surface area (Å²) in [5, 5.41) is 3.10. The molecular weight excluding hydrogens is 177 g/mol. The highest BCUT2D eigenvalue weighted by molar-refractivity contribution is 5.26. The van der Waals surface area contributed by atoms with Gasteiger partial charge in [0, 0.05) is 6.54 Å². The van der Waals surface area contributed by atoms with Gasteiger partial charge in [-0.1, -0.05) is 12.0 Å². The second-order valence-corrected chi connectivity index (χ2v) is 3.20. The van der Waals surface area contributed by atoms with Crippen LogP contribution in [0.3, 0.4) is 0 Å². The van der Waals surface area contributed by atoms with Gasteiger partial charge in [0.15, 0.2) is 0 Å². The minimum absolute atomic E-state index is 0.178. The van der Waals surface area contributed by atoms with E-state index in [9.17, 15) is 4.39 Å². The third-order valence-electron chi connectivity index (χ3n) is 2.10. The molecule has 0 spiro atoms. The lowest BCUT2D eigenvalue weighted by atomic mass is 10.1. The Bertz CT molecular complexity index is 339. The molecular formula is C12H14FN. The molecule has 0 aromatic heterocycles. The van der Waals surface area contributed by atoms with Crippen molar-refractivity contribution in [2.75, 3.05) is 13.1 Å². The van der Waals surface area contributed by atoms with E-state index in [1.54, 1.807) is 6.07 Å². The third-order valence-corrected chi connectivity index (χ3v) is 2.10. The molecule has 1 aromatic rings. The number of hydrogen-bond acceptors (Lipinski definition) is 1. The van der Waals surface area contributed by atoms with Crippen molar-refractivity contribution >= 4 is 0 Å². The van der Waals surface area contributed by atoms with Crippen molar-refractivity contribution in [1.29, 1.82) is 0 Å². The molecule has 0 heterocycles. The Hall–Kier alpha value is -1.33. The van der Waals surface area contributed by atoms with E-state index >= 15 is 0 Å². The molecule has 0 bridgehead atoms. The maximum Gasteiger partial charge on any atom is 0.123 e. The highest BCUT2D eigenvalue weighted by Gasteiger charge is 1.98. The highest BCUT2D eigenvalue weighted by Crippen LogP contribution is 2.10. The molecule has 0 saturated heterocycles. The average molecular weight is 191 g/mol. The van der Waals surface area contributed by atoms with Gasteiger partial charge in [-0.2, -0.15) is 0 Å². The van der Waals surface area contributed by atoms with Gasteiger partial charge in [0.05, 0.1) is 6.54 Å². The van der Waals surface area contributed by atoms with Gasteiger partial charge >= 0.3 is 0 Å². The molecule has 0 saturated carbocycles. The molecule has 1 nitrogen and oxygen atoms in total. The van der Waals surface area contributed by atoms with Crippen molar-refractivity contribution in [3.63, 3.8) is 0 Å². The summed E-state index contributed by atoms with van der Waals surface area (Å²) in [5.74, 6) is 2.33. The van der Waals surface area contributed by atoms with Crippen LogP contribution in [-0.4, -0.2) is 13.1 Å². The van der Waals surface area contributed by atoms with Crippen molar-refractivity contribution < 1.29 is 4.39 Å². The van der Waals surface area contributed by atoms with E-state index in [2.05, 4.69) is 11.2 Å². The SMILES string of the molecule is C#CCNCCc1ccc(F)cc1C. The Morgan fingerprint density at radius 2 is 2.29 bits per heavy atom. The topological polar surface area (TPSA) is 12.0 Å². The number of halogens is 1. The van der Waals surface area contributed by atoms with Gasteiger partial charge in [0.1, 0.15) is 5.82 Å². The normalized spacial score (nSPS) is 9.79. The Morgan fingerprint density at radius 3 is 2.93 bits per heavy atom. The van der Waals surface area contributed by atoms with Crippen LogP contribution in [0.2, 0.25) is 0 Å². The van der Waals surface area contributed by atoms with Crippen LogP contribution in [0.15, 0.2) is 18.2 Å². The summed E-state index contributed by atoms with van der Waals surface area (Å²) in [4.78, 5) is 0. The zero-order valence-corrected chi connectivity index (χ0v) is 8.31. The first-order chi connectivity index (χ1) is 6.74. The van der Waals surface area contributed by atoms with E-state index in [1.165, 1.54) is 6.07 Å². The van der Waals surface area contributed by atoms with Gasteiger partial charge in [0.2, 0.25) is 0 Å². The molecule has 0 unspecified atom stereocenters. The number of nitrogens with one attached hydrogen (secondary N) is 1. The summed E-state index contributed by atoms with van der Waals surface area (Å²) in [6.07, 6.45) is 5.98. The standard InChI is InChI=1S/C12H14FN/c1-3-7-14-8-6-11-4-5-12(13)9-10(11)2/h1,4-5,9,14H,6-8H2,2H3. The van der Waals surface area contributed by atoms with Crippen LogP contribution in [0.4, 0.5) is 4.39 Å². The lowest BCUT2D eigenvalue weighted by Gasteiger charge is -2.05. The average Bonchev–Trinajstić information content (AvgIpc) is 2.15. The molecule has 0 aliphatic rings. The number of terminal acetylenes is 1. The van der Waals surface area contributed by atoms with Crippen LogP contribution in [0.5, 0.6) is 0 Å². The maximum absolute atomic E-state index is 12.7. The fourth-order valence-electron chi connectivity index (χ4n) is 1.32. The summed E-state index contributed by atoms with van der Waals surface area (Å²) in [5.41, 5.74) is 2.16. The lowest BCUT2D eigenvalue weighted by Crippen LogP contribution is -2.17. The first kappa shape index (κ1) is 10.7. The van der Waals surface area contributed by atoms with E-state index in [-0.39, 0.29) is 5.82 Å². The van der Waals surface area contributed by atoms with Gasteiger partial charge < -0.3 is 5.32 Å². The van der Waals surface area contributed by atoms with Crippen molar-refractivity contribution in [1.82, 2.24) is 5.32 Å². The second-order valence-electron chi connectivity index (χ2n) is 3.20. The quantitative estimate of drug-likeness (QED) is 0.566. The minimum Gasteiger partial charge on any atom is -0.306 e. The molecule has 1 N–H and O–H groups in total. The zero-order valence-electron chi connectivity index (χ0n) is 8.31. The molecule has 0 aliphatic carbocycles. The smallest absolute Gasteiger partial charge is 0.123 e. The van der Waals surface area contributed by atoms with Crippen LogP contribution >= 0.6 is 0 Å². The predicted octanol–water partition coefficient (Wildman–Crippen LogP) is 1.90. The van der Waals surface area contributed by atoms with Crippen LogP contribution in [0.1, 0.15) is 11.1 Å². The summed E-state index contributed by atoms with van der Waals surface area (Å²) in [6.45, 7) is 3.33. The molecule has 0 radical (unpaired) electrons. The van der Waals surface area contributed by atoms with Crippen molar-refractivity contribution in [3.05, 3.63) is 35.1 Å². The summed E-state index contributed by atoms with van der Waals surface area (Å²) in [7, 11) is 0. The van der Waals surface area contributed by atoms with Crippen LogP contribution in [-0.2, 0) is 6.42 Å². The monoisotopic (exact) mass is 191 g/mol. The van der Waals surface area contributed by atoms with Crippen LogP contribution in [0, 0.1) is 25.1 Å². The number of rotatable bonds is 4. The lowest BCUT2D eigenvalue weighted by molar-refractivity contribution is 0.625. The first-order valence-electron chi connectivity index (χ1n) is 4.63. The van der Waals surface area contributed by atoms with Crippen LogP contribution < -0.4 is 5.32 Å². The molecule has 1 aromatic carbocycles. The van der Waals surface area contributed by atoms with E-state index in [4.69, 9.17) is 6.42 Å². The molecule has 0 aliphatic heterocycles. The van der Waals surface area contributed by atoms with E-state index < -0.39 is 0 Å². The van der Waals surface area contributed by atoms with E-state index in [0.717, 1.165) is 24.1 Å². The molecule has 2 heteroatoms. The zero-order chi connectivity index (χ0) is 10.4. The van der Waals surface area contributed by atoms with Gasteiger partial charge in [0.25, 0.3) is 0 Å². The fourth-order valence-corrected chi connectivity index (χ4v) is 1.32. The summed E-state index contributed by atoms with van der Waals surface area (Å²) < 4.78 is 12.7. The number of hydrogen-bond donors (Lipinski definition) is 1. The van der Waals surface area contributed by atoms with E-state index in [0.29, 0.717) is 6.54 Å². The summed E-state index contributed by atoms with van der Waals surface area (Å²) >= 11 is 0. The van der Waals surface area contributed by atoms with Crippen molar-refractivity contribution in [3.8, 4) is 12.3 Å². The molecule has 0 fully saturated rings. The highest BCUT2D eigenvalue weighted by atomic mass is 19.1. The minimum atomic E-state index is -0.178. The second kappa shape index (κ2) is 5.41. The largest absolute Gasteiger partial charge is 0.306 e. The van der Waals surface area contributed by atoms with Gasteiger partial charge in [-0.25, -0.2) is 4.39 Å². The van der Waals surface area contributed by atoms with E-state index in [1.807, 2.05) is 13.0 Å².